The molecule has 74 valence electrons. The summed E-state index contributed by atoms with van der Waals surface area (Å²) in [6, 6.07) is 2.72. The first-order valence-electron chi connectivity index (χ1n) is 4.05. The maximum atomic E-state index is 12.1. The van der Waals surface area contributed by atoms with Crippen LogP contribution in [0.25, 0.3) is 0 Å². The quantitative estimate of drug-likeness (QED) is 0.690. The number of hydrogen-bond acceptors (Lipinski definition) is 1. The van der Waals surface area contributed by atoms with Gasteiger partial charge in [0.05, 0.1) is 0 Å². The molecule has 0 spiro atoms. The molecule has 0 unspecified atom stereocenters. The van der Waals surface area contributed by atoms with E-state index in [0.717, 1.165) is 28.7 Å². The molecule has 0 amide bonds. The molecule has 0 nitrogen and oxygen atoms in total. The van der Waals surface area contributed by atoms with Crippen molar-refractivity contribution in [3.05, 3.63) is 21.9 Å². The Kier molecular flexibility index (Phi) is 3.01. The van der Waals surface area contributed by atoms with E-state index in [2.05, 4.69) is 0 Å². The van der Waals surface area contributed by atoms with Crippen LogP contribution >= 0.6 is 11.3 Å². The Labute approximate surface area is 79.4 Å². The third kappa shape index (κ3) is 3.03. The van der Waals surface area contributed by atoms with Crippen molar-refractivity contribution >= 4 is 11.3 Å². The van der Waals surface area contributed by atoms with Gasteiger partial charge in [0, 0.05) is 4.88 Å². The number of hydrogen-bond donors (Lipinski definition) is 0. The molecular weight excluding hydrogens is 197 g/mol. The van der Waals surface area contributed by atoms with Crippen molar-refractivity contribution in [2.24, 2.45) is 5.92 Å². The van der Waals surface area contributed by atoms with Gasteiger partial charge in [0.25, 0.3) is 0 Å². The average molecular weight is 208 g/mol. The zero-order valence-corrected chi connectivity index (χ0v) is 8.30. The van der Waals surface area contributed by atoms with Gasteiger partial charge in [-0.15, -0.1) is 11.3 Å². The average Bonchev–Trinajstić information content (AvgIpc) is 2.32. The highest BCUT2D eigenvalue weighted by Crippen LogP contribution is 2.35. The molecule has 0 saturated heterocycles. The van der Waals surface area contributed by atoms with Crippen LogP contribution in [0.1, 0.15) is 23.6 Å². The van der Waals surface area contributed by atoms with Gasteiger partial charge in [-0.25, -0.2) is 0 Å². The van der Waals surface area contributed by atoms with Gasteiger partial charge in [0.15, 0.2) is 0 Å². The first kappa shape index (κ1) is 10.6. The number of halogens is 3. The van der Waals surface area contributed by atoms with Crippen molar-refractivity contribution in [3.8, 4) is 0 Å². The highest BCUT2D eigenvalue weighted by atomic mass is 32.1. The van der Waals surface area contributed by atoms with E-state index in [9.17, 15) is 13.2 Å². The van der Waals surface area contributed by atoms with Gasteiger partial charge in [0.1, 0.15) is 4.88 Å². The second-order valence-corrected chi connectivity index (χ2v) is 4.53. The van der Waals surface area contributed by atoms with Crippen molar-refractivity contribution in [1.29, 1.82) is 0 Å². The van der Waals surface area contributed by atoms with Crippen LogP contribution in [-0.2, 0) is 12.6 Å². The largest absolute Gasteiger partial charge is 0.425 e. The van der Waals surface area contributed by atoms with E-state index in [-0.39, 0.29) is 0 Å². The molecule has 0 aliphatic heterocycles. The van der Waals surface area contributed by atoms with E-state index in [1.807, 2.05) is 13.8 Å². The molecule has 4 heteroatoms. The van der Waals surface area contributed by atoms with Crippen molar-refractivity contribution in [2.45, 2.75) is 26.4 Å². The summed E-state index contributed by atoms with van der Waals surface area (Å²) in [6.07, 6.45) is -3.46. The maximum absolute atomic E-state index is 12.1. The lowest BCUT2D eigenvalue weighted by molar-refractivity contribution is -0.134. The number of thiophene rings is 1. The molecule has 0 bridgehead atoms. The summed E-state index contributed by atoms with van der Waals surface area (Å²) in [5.41, 5.74) is 0. The van der Waals surface area contributed by atoms with E-state index < -0.39 is 11.1 Å². The van der Waals surface area contributed by atoms with Crippen LogP contribution in [0.5, 0.6) is 0 Å². The highest BCUT2D eigenvalue weighted by Gasteiger charge is 2.32. The van der Waals surface area contributed by atoms with E-state index in [4.69, 9.17) is 0 Å². The minimum absolute atomic E-state index is 0.403. The molecule has 1 heterocycles. The SMILES string of the molecule is CC(C)Cc1ccc(C(F)(F)F)s1. The molecule has 13 heavy (non-hydrogen) atoms. The van der Waals surface area contributed by atoms with Gasteiger partial charge >= 0.3 is 6.18 Å². The fourth-order valence-electron chi connectivity index (χ4n) is 1.04. The first-order valence-corrected chi connectivity index (χ1v) is 4.87. The third-order valence-corrected chi connectivity index (χ3v) is 2.70. The number of rotatable bonds is 2. The second-order valence-electron chi connectivity index (χ2n) is 3.36. The van der Waals surface area contributed by atoms with E-state index >= 15 is 0 Å². The van der Waals surface area contributed by atoms with Crippen molar-refractivity contribution < 1.29 is 13.2 Å². The Hall–Kier alpha value is -0.510. The molecule has 1 aromatic heterocycles. The van der Waals surface area contributed by atoms with E-state index in [0.29, 0.717) is 5.92 Å². The summed E-state index contributed by atoms with van der Waals surface area (Å²) in [7, 11) is 0. The summed E-state index contributed by atoms with van der Waals surface area (Å²) in [4.78, 5) is 0.311. The van der Waals surface area contributed by atoms with Gasteiger partial charge in [-0.1, -0.05) is 13.8 Å². The molecule has 0 N–H and O–H groups in total. The van der Waals surface area contributed by atoms with E-state index in [1.165, 1.54) is 0 Å². The van der Waals surface area contributed by atoms with Crippen LogP contribution in [0.4, 0.5) is 13.2 Å². The minimum atomic E-state index is -4.18. The zero-order chi connectivity index (χ0) is 10.1. The van der Waals surface area contributed by atoms with Crippen LogP contribution in [-0.4, -0.2) is 0 Å². The Morgan fingerprint density at radius 3 is 2.31 bits per heavy atom. The Bertz CT molecular complexity index is 273. The Morgan fingerprint density at radius 1 is 1.31 bits per heavy atom. The van der Waals surface area contributed by atoms with Gasteiger partial charge in [-0.05, 0) is 24.5 Å². The second kappa shape index (κ2) is 3.70. The van der Waals surface area contributed by atoms with Crippen LogP contribution in [0, 0.1) is 5.92 Å². The first-order chi connectivity index (χ1) is 5.89. The predicted molar refractivity (Wildman–Crippen MR) is 47.9 cm³/mol. The molecule has 0 radical (unpaired) electrons. The van der Waals surface area contributed by atoms with Crippen molar-refractivity contribution in [2.75, 3.05) is 0 Å². The van der Waals surface area contributed by atoms with Crippen LogP contribution in [0.3, 0.4) is 0 Å². The van der Waals surface area contributed by atoms with Gasteiger partial charge in [-0.3, -0.25) is 0 Å². The van der Waals surface area contributed by atoms with Gasteiger partial charge in [0.2, 0.25) is 0 Å². The van der Waals surface area contributed by atoms with Crippen molar-refractivity contribution in [3.63, 3.8) is 0 Å². The lowest BCUT2D eigenvalue weighted by Crippen LogP contribution is -2.00. The summed E-state index contributed by atoms with van der Waals surface area (Å²) in [5, 5.41) is 0. The molecule has 0 fully saturated rings. The zero-order valence-electron chi connectivity index (χ0n) is 7.48. The lowest BCUT2D eigenvalue weighted by Gasteiger charge is -2.02. The summed E-state index contributed by atoms with van der Waals surface area (Å²) < 4.78 is 36.4. The fraction of sp³-hybridized carbons (Fsp3) is 0.556. The molecule has 0 aliphatic carbocycles. The normalized spacial score (nSPS) is 12.5. The van der Waals surface area contributed by atoms with Gasteiger partial charge in [-0.2, -0.15) is 13.2 Å². The summed E-state index contributed by atoms with van der Waals surface area (Å²) >= 11 is 0.843. The summed E-state index contributed by atoms with van der Waals surface area (Å²) in [6.45, 7) is 3.99. The van der Waals surface area contributed by atoms with Crippen LogP contribution < -0.4 is 0 Å². The Morgan fingerprint density at radius 2 is 1.92 bits per heavy atom. The van der Waals surface area contributed by atoms with Crippen LogP contribution in [0.2, 0.25) is 0 Å². The Balaban J connectivity index is 2.75. The minimum Gasteiger partial charge on any atom is -0.165 e. The third-order valence-electron chi connectivity index (χ3n) is 1.55. The smallest absolute Gasteiger partial charge is 0.165 e. The highest BCUT2D eigenvalue weighted by molar-refractivity contribution is 7.12. The lowest BCUT2D eigenvalue weighted by atomic mass is 10.1. The molecule has 0 aromatic carbocycles. The molecule has 1 rings (SSSR count). The predicted octanol–water partition coefficient (Wildman–Crippen LogP) is 3.97. The topological polar surface area (TPSA) is 0 Å². The molecule has 0 saturated carbocycles. The maximum Gasteiger partial charge on any atom is 0.425 e. The molecular formula is C9H11F3S. The molecule has 0 atom stereocenters. The van der Waals surface area contributed by atoms with Gasteiger partial charge < -0.3 is 0 Å². The number of alkyl halides is 3. The monoisotopic (exact) mass is 208 g/mol. The fourth-order valence-corrected chi connectivity index (χ4v) is 2.13. The van der Waals surface area contributed by atoms with Crippen LogP contribution in [0.15, 0.2) is 12.1 Å². The molecule has 0 aliphatic rings. The van der Waals surface area contributed by atoms with E-state index in [1.54, 1.807) is 6.07 Å². The molecule has 1 aromatic rings. The van der Waals surface area contributed by atoms with Crippen molar-refractivity contribution in [1.82, 2.24) is 0 Å². The summed E-state index contributed by atoms with van der Waals surface area (Å²) in [5.74, 6) is 0.403. The standard InChI is InChI=1S/C9H11F3S/c1-6(2)5-7-3-4-8(13-7)9(10,11)12/h3-4,6H,5H2,1-2H3.